The van der Waals surface area contributed by atoms with E-state index in [-0.39, 0.29) is 5.95 Å². The molecule has 1 aliphatic heterocycles. The van der Waals surface area contributed by atoms with Gasteiger partial charge in [-0.25, -0.2) is 19.9 Å². The van der Waals surface area contributed by atoms with Crippen LogP contribution < -0.4 is 16.0 Å². The van der Waals surface area contributed by atoms with Gasteiger partial charge in [0, 0.05) is 37.1 Å². The first-order chi connectivity index (χ1) is 13.2. The fraction of sp³-hybridized carbons (Fsp3) is 0.250. The van der Waals surface area contributed by atoms with Crippen molar-refractivity contribution in [2.45, 2.75) is 0 Å². The Morgan fingerprint density at radius 1 is 1.15 bits per heavy atom. The van der Waals surface area contributed by atoms with E-state index in [9.17, 15) is 0 Å². The van der Waals surface area contributed by atoms with Crippen LogP contribution in [0.25, 0.3) is 11.3 Å². The molecule has 1 aliphatic rings. The van der Waals surface area contributed by atoms with E-state index in [1.165, 1.54) is 17.5 Å². The lowest BCUT2D eigenvalue weighted by Gasteiger charge is -2.27. The van der Waals surface area contributed by atoms with Gasteiger partial charge in [0.25, 0.3) is 0 Å². The zero-order valence-electron chi connectivity index (χ0n) is 14.2. The van der Waals surface area contributed by atoms with Gasteiger partial charge >= 0.3 is 0 Å². The summed E-state index contributed by atoms with van der Waals surface area (Å²) in [6.07, 6.45) is 4.76. The van der Waals surface area contributed by atoms with Crippen LogP contribution in [0.3, 0.4) is 0 Å². The van der Waals surface area contributed by atoms with E-state index in [0.29, 0.717) is 53.8 Å². The third kappa shape index (κ3) is 3.91. The van der Waals surface area contributed by atoms with E-state index >= 15 is 0 Å². The smallest absolute Gasteiger partial charge is 0.228 e. The number of nitrogens with zero attached hydrogens (tertiary/aromatic N) is 7. The molecular weight excluding hydrogens is 366 g/mol. The van der Waals surface area contributed by atoms with Gasteiger partial charge in [0.1, 0.15) is 16.8 Å². The lowest BCUT2D eigenvalue weighted by molar-refractivity contribution is 0.122. The lowest BCUT2D eigenvalue weighted by Crippen LogP contribution is -2.37. The molecule has 0 aliphatic carbocycles. The number of hydrogen-bond acceptors (Lipinski definition) is 11. The van der Waals surface area contributed by atoms with E-state index in [0.717, 1.165) is 5.56 Å². The molecule has 136 valence electrons. The predicted octanol–water partition coefficient (Wildman–Crippen LogP) is 1.42. The monoisotopic (exact) mass is 381 g/mol. The minimum absolute atomic E-state index is 0.200. The maximum atomic E-state index is 8.97. The average molecular weight is 381 g/mol. The molecule has 11 heteroatoms. The number of aromatic nitrogens is 5. The number of nitriles is 1. The Labute approximate surface area is 158 Å². The summed E-state index contributed by atoms with van der Waals surface area (Å²) >= 11 is 1.25. The average Bonchev–Trinajstić information content (AvgIpc) is 3.16. The second-order valence-electron chi connectivity index (χ2n) is 5.63. The number of rotatable bonds is 4. The molecule has 0 atom stereocenters. The number of nitrogens with one attached hydrogen (secondary N) is 1. The molecule has 1 fully saturated rings. The Hall–Kier alpha value is -3.36. The van der Waals surface area contributed by atoms with E-state index in [4.69, 9.17) is 15.7 Å². The molecule has 3 N–H and O–H groups in total. The van der Waals surface area contributed by atoms with Crippen LogP contribution in [0.5, 0.6) is 0 Å². The Morgan fingerprint density at radius 2 is 1.93 bits per heavy atom. The molecule has 0 saturated carbocycles. The Kier molecular flexibility index (Phi) is 4.73. The summed E-state index contributed by atoms with van der Waals surface area (Å²) in [5, 5.41) is 12.7. The molecule has 10 nitrogen and oxygen atoms in total. The third-order valence-electron chi connectivity index (χ3n) is 3.83. The number of morpholine rings is 1. The van der Waals surface area contributed by atoms with Crippen molar-refractivity contribution in [2.75, 3.05) is 42.3 Å². The van der Waals surface area contributed by atoms with Crippen molar-refractivity contribution < 1.29 is 4.74 Å². The van der Waals surface area contributed by atoms with Crippen molar-refractivity contribution in [1.29, 1.82) is 5.26 Å². The van der Waals surface area contributed by atoms with Crippen LogP contribution in [0, 0.1) is 11.3 Å². The highest BCUT2D eigenvalue weighted by Crippen LogP contribution is 2.26. The summed E-state index contributed by atoms with van der Waals surface area (Å²) < 4.78 is 5.40. The van der Waals surface area contributed by atoms with Crippen LogP contribution in [0.1, 0.15) is 4.88 Å². The second kappa shape index (κ2) is 7.48. The van der Waals surface area contributed by atoms with Crippen LogP contribution in [-0.2, 0) is 4.74 Å². The van der Waals surface area contributed by atoms with Gasteiger partial charge in [0.2, 0.25) is 11.9 Å². The SMILES string of the molecule is N#Cc1cnc(Nc2cc(-c3cnc(N)nc3)nc(N3CCOCC3)n2)s1. The van der Waals surface area contributed by atoms with Crippen LogP contribution in [0.2, 0.25) is 0 Å². The van der Waals surface area contributed by atoms with Crippen molar-refractivity contribution in [3.05, 3.63) is 29.5 Å². The molecule has 3 aromatic heterocycles. The van der Waals surface area contributed by atoms with Gasteiger partial charge in [-0.3, -0.25) is 0 Å². The molecule has 4 rings (SSSR count). The Bertz CT molecular complexity index is 976. The molecule has 1 saturated heterocycles. The van der Waals surface area contributed by atoms with Gasteiger partial charge in [-0.1, -0.05) is 11.3 Å². The molecule has 27 heavy (non-hydrogen) atoms. The number of thiazole rings is 1. The zero-order chi connectivity index (χ0) is 18.6. The highest BCUT2D eigenvalue weighted by Gasteiger charge is 2.17. The normalized spacial score (nSPS) is 14.0. The Balaban J connectivity index is 1.71. The van der Waals surface area contributed by atoms with E-state index in [2.05, 4.69) is 41.2 Å². The molecule has 0 amide bonds. The fourth-order valence-electron chi connectivity index (χ4n) is 2.51. The molecule has 0 bridgehead atoms. The number of nitrogen functional groups attached to an aromatic ring is 1. The fourth-order valence-corrected chi connectivity index (χ4v) is 3.14. The summed E-state index contributed by atoms with van der Waals surface area (Å²) in [5.74, 6) is 1.34. The summed E-state index contributed by atoms with van der Waals surface area (Å²) in [4.78, 5) is 24.1. The van der Waals surface area contributed by atoms with Gasteiger partial charge < -0.3 is 20.7 Å². The van der Waals surface area contributed by atoms with Crippen LogP contribution in [0.15, 0.2) is 24.7 Å². The van der Waals surface area contributed by atoms with Crippen molar-refractivity contribution in [3.63, 3.8) is 0 Å². The first-order valence-electron chi connectivity index (χ1n) is 8.14. The minimum Gasteiger partial charge on any atom is -0.378 e. The summed E-state index contributed by atoms with van der Waals surface area (Å²) in [6.45, 7) is 2.66. The van der Waals surface area contributed by atoms with Gasteiger partial charge in [-0.05, 0) is 0 Å². The molecule has 3 aromatic rings. The summed E-state index contributed by atoms with van der Waals surface area (Å²) in [6, 6.07) is 3.86. The van der Waals surface area contributed by atoms with E-state index in [1.54, 1.807) is 18.5 Å². The van der Waals surface area contributed by atoms with Crippen LogP contribution in [0.4, 0.5) is 22.8 Å². The maximum Gasteiger partial charge on any atom is 0.228 e. The van der Waals surface area contributed by atoms with Crippen LogP contribution >= 0.6 is 11.3 Å². The summed E-state index contributed by atoms with van der Waals surface area (Å²) in [5.41, 5.74) is 6.96. The summed E-state index contributed by atoms with van der Waals surface area (Å²) in [7, 11) is 0. The number of hydrogen-bond donors (Lipinski definition) is 2. The second-order valence-corrected chi connectivity index (χ2v) is 6.66. The van der Waals surface area contributed by atoms with E-state index in [1.807, 2.05) is 0 Å². The topological polar surface area (TPSA) is 139 Å². The highest BCUT2D eigenvalue weighted by molar-refractivity contribution is 7.16. The van der Waals surface area contributed by atoms with E-state index < -0.39 is 0 Å². The molecular formula is C16H15N9OS. The third-order valence-corrected chi connectivity index (χ3v) is 4.64. The van der Waals surface area contributed by atoms with Crippen LogP contribution in [-0.4, -0.2) is 51.2 Å². The van der Waals surface area contributed by atoms with Crippen molar-refractivity contribution >= 4 is 34.2 Å². The van der Waals surface area contributed by atoms with Gasteiger partial charge in [0.05, 0.1) is 25.1 Å². The first kappa shape index (κ1) is 17.1. The highest BCUT2D eigenvalue weighted by atomic mass is 32.1. The molecule has 4 heterocycles. The van der Waals surface area contributed by atoms with Gasteiger partial charge in [0.15, 0.2) is 5.13 Å². The predicted molar refractivity (Wildman–Crippen MR) is 101 cm³/mol. The van der Waals surface area contributed by atoms with Crippen molar-refractivity contribution in [1.82, 2.24) is 24.9 Å². The van der Waals surface area contributed by atoms with Crippen molar-refractivity contribution in [3.8, 4) is 17.3 Å². The van der Waals surface area contributed by atoms with Crippen molar-refractivity contribution in [2.24, 2.45) is 0 Å². The minimum atomic E-state index is 0.200. The number of anilines is 4. The van der Waals surface area contributed by atoms with Gasteiger partial charge in [-0.15, -0.1) is 0 Å². The molecule has 0 unspecified atom stereocenters. The zero-order valence-corrected chi connectivity index (χ0v) is 15.0. The Morgan fingerprint density at radius 3 is 2.63 bits per heavy atom. The molecule has 0 spiro atoms. The standard InChI is InChI=1S/C16H15N9OS/c17-6-11-9-21-16(27-11)24-13-5-12(10-7-19-14(18)20-8-10)22-15(23-13)25-1-3-26-4-2-25/h5,7-9H,1-4H2,(H2,18,19,20)(H,21,22,23,24). The van der Waals surface area contributed by atoms with Gasteiger partial charge in [-0.2, -0.15) is 10.2 Å². The quantitative estimate of drug-likeness (QED) is 0.682. The molecule has 0 aromatic carbocycles. The first-order valence-corrected chi connectivity index (χ1v) is 8.95. The maximum absolute atomic E-state index is 8.97. The lowest BCUT2D eigenvalue weighted by atomic mass is 10.2. The number of nitrogens with two attached hydrogens (primary N) is 1. The molecule has 0 radical (unpaired) electrons. The number of ether oxygens (including phenoxy) is 1. The largest absolute Gasteiger partial charge is 0.378 e.